The first kappa shape index (κ1) is 14.7. The average Bonchev–Trinajstić information content (AvgIpc) is 2.84. The van der Waals surface area contributed by atoms with Gasteiger partial charge in [0.1, 0.15) is 4.90 Å². The van der Waals surface area contributed by atoms with Gasteiger partial charge in [0.2, 0.25) is 10.0 Å². The number of nitrogens with zero attached hydrogens (tertiary/aromatic N) is 1. The number of benzene rings is 1. The van der Waals surface area contributed by atoms with Gasteiger partial charge in [-0.3, -0.25) is 5.10 Å². The van der Waals surface area contributed by atoms with Crippen LogP contribution in [0, 0.1) is 12.8 Å². The highest BCUT2D eigenvalue weighted by molar-refractivity contribution is 7.89. The summed E-state index contributed by atoms with van der Waals surface area (Å²) in [6.45, 7) is 5.67. The summed E-state index contributed by atoms with van der Waals surface area (Å²) in [5.41, 5.74) is 1.49. The number of rotatable bonds is 5. The van der Waals surface area contributed by atoms with Crippen LogP contribution in [-0.4, -0.2) is 18.6 Å². The van der Waals surface area contributed by atoms with Crippen LogP contribution in [0.2, 0.25) is 0 Å². The number of hydrogen-bond donors (Lipinski definition) is 2. The van der Waals surface area contributed by atoms with E-state index in [0.717, 1.165) is 5.56 Å². The molecule has 0 saturated carbocycles. The summed E-state index contributed by atoms with van der Waals surface area (Å²) in [4.78, 5) is 0.194. The summed E-state index contributed by atoms with van der Waals surface area (Å²) >= 11 is 0. The Morgan fingerprint density at radius 2 is 1.85 bits per heavy atom. The monoisotopic (exact) mass is 293 g/mol. The molecule has 1 heterocycles. The van der Waals surface area contributed by atoms with Crippen molar-refractivity contribution in [1.82, 2.24) is 14.9 Å². The van der Waals surface area contributed by atoms with E-state index in [4.69, 9.17) is 0 Å². The van der Waals surface area contributed by atoms with Crippen molar-refractivity contribution >= 4 is 10.0 Å². The van der Waals surface area contributed by atoms with Crippen molar-refractivity contribution in [3.8, 4) is 0 Å². The maximum atomic E-state index is 12.4. The predicted octanol–water partition coefficient (Wildman–Crippen LogP) is 2.39. The number of aromatic amines is 1. The molecule has 1 atom stereocenters. The molecule has 1 unspecified atom stereocenters. The average molecular weight is 293 g/mol. The quantitative estimate of drug-likeness (QED) is 0.889. The molecule has 108 valence electrons. The number of aromatic nitrogens is 2. The van der Waals surface area contributed by atoms with E-state index in [0.29, 0.717) is 5.69 Å². The number of H-pyrrole nitrogens is 1. The van der Waals surface area contributed by atoms with Crippen molar-refractivity contribution in [3.05, 3.63) is 47.8 Å². The lowest BCUT2D eigenvalue weighted by molar-refractivity contribution is 0.463. The van der Waals surface area contributed by atoms with Crippen LogP contribution in [0.1, 0.15) is 31.1 Å². The predicted molar refractivity (Wildman–Crippen MR) is 77.7 cm³/mol. The molecular formula is C14H19N3O2S. The molecule has 5 nitrogen and oxygen atoms in total. The van der Waals surface area contributed by atoms with Crippen molar-refractivity contribution in [2.24, 2.45) is 5.92 Å². The lowest BCUT2D eigenvalue weighted by Gasteiger charge is -2.22. The highest BCUT2D eigenvalue weighted by Crippen LogP contribution is 2.24. The molecule has 0 fully saturated rings. The molecular weight excluding hydrogens is 274 g/mol. The van der Waals surface area contributed by atoms with E-state index in [1.165, 1.54) is 6.20 Å². The van der Waals surface area contributed by atoms with E-state index in [2.05, 4.69) is 14.9 Å². The molecule has 2 N–H and O–H groups in total. The second-order valence-electron chi connectivity index (χ2n) is 5.11. The van der Waals surface area contributed by atoms with Crippen molar-refractivity contribution < 1.29 is 8.42 Å². The van der Waals surface area contributed by atoms with Crippen LogP contribution in [0.15, 0.2) is 41.4 Å². The molecule has 2 aromatic rings. The van der Waals surface area contributed by atoms with Crippen LogP contribution in [0.4, 0.5) is 0 Å². The van der Waals surface area contributed by atoms with Gasteiger partial charge in [0, 0.05) is 6.04 Å². The SMILES string of the molecule is Cc1[nH]ncc1S(=O)(=O)NC(c1ccccc1)C(C)C. The molecule has 0 bridgehead atoms. The first-order chi connectivity index (χ1) is 9.42. The molecule has 0 spiro atoms. The van der Waals surface area contributed by atoms with E-state index in [9.17, 15) is 8.42 Å². The van der Waals surface area contributed by atoms with Crippen LogP contribution in [-0.2, 0) is 10.0 Å². The Hall–Kier alpha value is -1.66. The van der Waals surface area contributed by atoms with E-state index in [1.54, 1.807) is 6.92 Å². The lowest BCUT2D eigenvalue weighted by atomic mass is 9.97. The Balaban J connectivity index is 2.32. The van der Waals surface area contributed by atoms with Gasteiger partial charge in [-0.25, -0.2) is 13.1 Å². The molecule has 0 amide bonds. The Labute approximate surface area is 119 Å². The summed E-state index contributed by atoms with van der Waals surface area (Å²) in [6.07, 6.45) is 1.33. The van der Waals surface area contributed by atoms with E-state index < -0.39 is 10.0 Å². The maximum Gasteiger partial charge on any atom is 0.244 e. The van der Waals surface area contributed by atoms with Crippen LogP contribution >= 0.6 is 0 Å². The van der Waals surface area contributed by atoms with Crippen molar-refractivity contribution in [2.75, 3.05) is 0 Å². The zero-order chi connectivity index (χ0) is 14.8. The molecule has 0 aliphatic carbocycles. The summed E-state index contributed by atoms with van der Waals surface area (Å²) in [5.74, 6) is 0.138. The summed E-state index contributed by atoms with van der Waals surface area (Å²) < 4.78 is 27.6. The fourth-order valence-electron chi connectivity index (χ4n) is 2.09. The van der Waals surface area contributed by atoms with Crippen LogP contribution < -0.4 is 4.72 Å². The van der Waals surface area contributed by atoms with Gasteiger partial charge in [-0.1, -0.05) is 44.2 Å². The van der Waals surface area contributed by atoms with Gasteiger partial charge in [0.15, 0.2) is 0 Å². The lowest BCUT2D eigenvalue weighted by Crippen LogP contribution is -2.32. The molecule has 0 aliphatic heterocycles. The Morgan fingerprint density at radius 1 is 1.20 bits per heavy atom. The number of nitrogens with one attached hydrogen (secondary N) is 2. The second-order valence-corrected chi connectivity index (χ2v) is 6.80. The first-order valence-corrected chi connectivity index (χ1v) is 7.97. The minimum Gasteiger partial charge on any atom is -0.281 e. The minimum atomic E-state index is -3.58. The van der Waals surface area contributed by atoms with Crippen LogP contribution in [0.5, 0.6) is 0 Å². The molecule has 6 heteroatoms. The Bertz CT molecular complexity index is 663. The third-order valence-corrected chi connectivity index (χ3v) is 4.74. The number of sulfonamides is 1. The molecule has 2 rings (SSSR count). The minimum absolute atomic E-state index is 0.138. The fraction of sp³-hybridized carbons (Fsp3) is 0.357. The molecule has 1 aromatic carbocycles. The van der Waals surface area contributed by atoms with Gasteiger partial charge in [-0.15, -0.1) is 0 Å². The van der Waals surface area contributed by atoms with Gasteiger partial charge < -0.3 is 0 Å². The number of aryl methyl sites for hydroxylation is 1. The topological polar surface area (TPSA) is 74.8 Å². The fourth-order valence-corrected chi connectivity index (χ4v) is 3.60. The van der Waals surface area contributed by atoms with Gasteiger partial charge in [-0.05, 0) is 18.4 Å². The van der Waals surface area contributed by atoms with Crippen molar-refractivity contribution in [2.45, 2.75) is 31.7 Å². The zero-order valence-electron chi connectivity index (χ0n) is 11.8. The maximum absolute atomic E-state index is 12.4. The Morgan fingerprint density at radius 3 is 2.35 bits per heavy atom. The molecule has 1 aromatic heterocycles. The normalized spacial score (nSPS) is 13.6. The third kappa shape index (κ3) is 3.08. The molecule has 20 heavy (non-hydrogen) atoms. The van der Waals surface area contributed by atoms with Crippen LogP contribution in [0.25, 0.3) is 0 Å². The van der Waals surface area contributed by atoms with E-state index in [-0.39, 0.29) is 16.9 Å². The summed E-state index contributed by atoms with van der Waals surface area (Å²) in [6, 6.07) is 9.31. The van der Waals surface area contributed by atoms with Crippen molar-refractivity contribution in [3.63, 3.8) is 0 Å². The smallest absolute Gasteiger partial charge is 0.244 e. The standard InChI is InChI=1S/C14H19N3O2S/c1-10(2)14(12-7-5-4-6-8-12)17-20(18,19)13-9-15-16-11(13)3/h4-10,14,17H,1-3H3,(H,15,16). The largest absolute Gasteiger partial charge is 0.281 e. The molecule has 0 radical (unpaired) electrons. The summed E-state index contributed by atoms with van der Waals surface area (Å²) in [5, 5.41) is 6.42. The zero-order valence-corrected chi connectivity index (χ0v) is 12.6. The second kappa shape index (κ2) is 5.76. The Kier molecular flexibility index (Phi) is 4.25. The third-order valence-electron chi connectivity index (χ3n) is 3.18. The molecule has 0 saturated heterocycles. The molecule has 0 aliphatic rings. The summed E-state index contributed by atoms with van der Waals surface area (Å²) in [7, 11) is -3.58. The first-order valence-electron chi connectivity index (χ1n) is 6.49. The van der Waals surface area contributed by atoms with Gasteiger partial charge in [-0.2, -0.15) is 5.10 Å². The van der Waals surface area contributed by atoms with E-state index >= 15 is 0 Å². The van der Waals surface area contributed by atoms with Crippen molar-refractivity contribution in [1.29, 1.82) is 0 Å². The van der Waals surface area contributed by atoms with E-state index in [1.807, 2.05) is 44.2 Å². The number of hydrogen-bond acceptors (Lipinski definition) is 3. The van der Waals surface area contributed by atoms with Gasteiger partial charge in [0.05, 0.1) is 11.9 Å². The highest BCUT2D eigenvalue weighted by Gasteiger charge is 2.25. The van der Waals surface area contributed by atoms with Gasteiger partial charge >= 0.3 is 0 Å². The highest BCUT2D eigenvalue weighted by atomic mass is 32.2. The van der Waals surface area contributed by atoms with Gasteiger partial charge in [0.25, 0.3) is 0 Å². The van der Waals surface area contributed by atoms with Crippen LogP contribution in [0.3, 0.4) is 0 Å².